The molecule has 0 fully saturated rings. The van der Waals surface area contributed by atoms with E-state index in [0.29, 0.717) is 0 Å². The molecule has 1 nitrogen and oxygen atoms in total. The second kappa shape index (κ2) is 23.8. The summed E-state index contributed by atoms with van der Waals surface area (Å²) in [4.78, 5) is 0. The molecule has 0 aliphatic heterocycles. The summed E-state index contributed by atoms with van der Waals surface area (Å²) in [6.45, 7) is 0. The number of rotatable bonds is 0. The van der Waals surface area contributed by atoms with Gasteiger partial charge in [0.15, 0.2) is 0 Å². The van der Waals surface area contributed by atoms with Crippen molar-refractivity contribution in [3.8, 4) is 0 Å². The minimum atomic E-state index is -0.346. The van der Waals surface area contributed by atoms with Crippen LogP contribution < -0.4 is 0 Å². The molecule has 0 aliphatic rings. The summed E-state index contributed by atoms with van der Waals surface area (Å²) >= 11 is -0.691. The molecule has 0 saturated carbocycles. The van der Waals surface area contributed by atoms with Gasteiger partial charge >= 0.3 is 69.1 Å². The molecule has 0 bridgehead atoms. The van der Waals surface area contributed by atoms with E-state index in [9.17, 15) is 0 Å². The average Bonchev–Trinajstić information content (AvgIpc) is 1.39. The maximum atomic E-state index is 4.85. The summed E-state index contributed by atoms with van der Waals surface area (Å²) in [5.74, 6) is 0. The van der Waals surface area contributed by atoms with Gasteiger partial charge in [-0.25, -0.2) is 0 Å². The minimum absolute atomic E-state index is 0. The van der Waals surface area contributed by atoms with Gasteiger partial charge in [-0.2, -0.15) is 0 Å². The van der Waals surface area contributed by atoms with Crippen LogP contribution >= 0.6 is 38.8 Å². The maximum absolute atomic E-state index is 4.85. The van der Waals surface area contributed by atoms with E-state index >= 15 is 0 Å². The number of hydrogen-bond acceptors (Lipinski definition) is 0. The topological polar surface area (TPSA) is 31.5 Å². The third-order valence-corrected chi connectivity index (χ3v) is 0. The van der Waals surface area contributed by atoms with Crippen molar-refractivity contribution in [2.75, 3.05) is 0 Å². The Kier molecular flexibility index (Phi) is 55.0. The molecule has 0 saturated heterocycles. The Bertz CT molecular complexity index is 11.7. The first-order valence-corrected chi connectivity index (χ1v) is 9.49. The molecule has 0 unspecified atom stereocenters. The Balaban J connectivity index is -0.0000000400. The summed E-state index contributed by atoms with van der Waals surface area (Å²) in [6, 6.07) is 0. The van der Waals surface area contributed by atoms with Gasteiger partial charge in [-0.3, -0.25) is 0 Å². The molecule has 0 aromatic carbocycles. The fourth-order valence-corrected chi connectivity index (χ4v) is 0. The Morgan fingerprint density at radius 3 is 0.714 bits per heavy atom. The molecular formula is H2Cl4ORu2. The predicted molar refractivity (Wildman–Crippen MR) is 27.0 cm³/mol. The quantitative estimate of drug-likeness (QED) is 0.590. The van der Waals surface area contributed by atoms with Crippen LogP contribution in [-0.2, 0) is 30.3 Å². The van der Waals surface area contributed by atoms with Crippen molar-refractivity contribution in [1.82, 2.24) is 0 Å². The van der Waals surface area contributed by atoms with Crippen LogP contribution in [0.3, 0.4) is 0 Å². The zero-order valence-corrected chi connectivity index (χ0v) is 9.22. The molecule has 0 aromatic heterocycles. The molecule has 0 amide bonds. The summed E-state index contributed by atoms with van der Waals surface area (Å²) in [7, 11) is 19.4. The zero-order chi connectivity index (χ0) is 5.41. The molecule has 7 heavy (non-hydrogen) atoms. The van der Waals surface area contributed by atoms with Gasteiger partial charge in [-0.1, -0.05) is 0 Å². The second-order valence-corrected chi connectivity index (χ2v) is 5.38. The summed E-state index contributed by atoms with van der Waals surface area (Å²) < 4.78 is 0. The van der Waals surface area contributed by atoms with Gasteiger partial charge in [-0.05, 0) is 0 Å². The van der Waals surface area contributed by atoms with Crippen LogP contribution in [0.2, 0.25) is 0 Å². The van der Waals surface area contributed by atoms with E-state index < -0.39 is 0 Å². The molecule has 7 heteroatoms. The van der Waals surface area contributed by atoms with Gasteiger partial charge in [0.05, 0.1) is 0 Å². The van der Waals surface area contributed by atoms with Gasteiger partial charge in [-0.15, -0.1) is 0 Å². The number of hydrogen-bond donors (Lipinski definition) is 0. The van der Waals surface area contributed by atoms with Crippen LogP contribution in [0.5, 0.6) is 0 Å². The summed E-state index contributed by atoms with van der Waals surface area (Å²) in [5.41, 5.74) is 0. The third-order valence-electron chi connectivity index (χ3n) is 0. The molecular weight excluding hydrogens is 360 g/mol. The van der Waals surface area contributed by atoms with Crippen molar-refractivity contribution >= 4 is 38.8 Å². The van der Waals surface area contributed by atoms with Crippen LogP contribution in [0.4, 0.5) is 0 Å². The molecule has 0 radical (unpaired) electrons. The molecule has 0 aliphatic carbocycles. The Labute approximate surface area is 73.7 Å². The molecule has 0 rings (SSSR count). The monoisotopic (exact) mass is 362 g/mol. The molecule has 0 aromatic rings. The first kappa shape index (κ1) is 16.2. The fourth-order valence-electron chi connectivity index (χ4n) is 0. The second-order valence-electron chi connectivity index (χ2n) is 0.101. The molecule has 0 heterocycles. The van der Waals surface area contributed by atoms with Gasteiger partial charge in [0.25, 0.3) is 0 Å². The standard InChI is InChI=1S/4ClH.H2O.2Ru/h4*1H;1H2;;/q;;;;;2*+2/p-4. The van der Waals surface area contributed by atoms with E-state index in [4.69, 9.17) is 38.8 Å². The first-order chi connectivity index (χ1) is 2.83. The van der Waals surface area contributed by atoms with E-state index in [-0.39, 0.29) is 35.8 Å². The van der Waals surface area contributed by atoms with Gasteiger partial charge in [0.1, 0.15) is 0 Å². The van der Waals surface area contributed by atoms with Crippen LogP contribution in [0.1, 0.15) is 0 Å². The zero-order valence-electron chi connectivity index (χ0n) is 2.72. The average molecular weight is 362 g/mol. The van der Waals surface area contributed by atoms with Gasteiger partial charge in [0, 0.05) is 0 Å². The molecule has 52 valence electrons. The van der Waals surface area contributed by atoms with Gasteiger partial charge in [0.2, 0.25) is 0 Å². The Hall–Kier alpha value is 2.37. The van der Waals surface area contributed by atoms with Crippen molar-refractivity contribution in [1.29, 1.82) is 0 Å². The van der Waals surface area contributed by atoms with E-state index in [0.717, 1.165) is 0 Å². The normalized spacial score (nSPS) is 6.29. The van der Waals surface area contributed by atoms with E-state index in [2.05, 4.69) is 0 Å². The van der Waals surface area contributed by atoms with Crippen molar-refractivity contribution in [2.45, 2.75) is 0 Å². The number of halogens is 4. The van der Waals surface area contributed by atoms with Crippen LogP contribution in [0.25, 0.3) is 0 Å². The van der Waals surface area contributed by atoms with E-state index in [1.165, 1.54) is 0 Å². The Morgan fingerprint density at radius 1 is 0.714 bits per heavy atom. The summed E-state index contributed by atoms with van der Waals surface area (Å²) in [6.07, 6.45) is 0. The van der Waals surface area contributed by atoms with Crippen molar-refractivity contribution < 1.29 is 35.8 Å². The van der Waals surface area contributed by atoms with Crippen LogP contribution in [0.15, 0.2) is 0 Å². The molecule has 2 N–H and O–H groups in total. The fraction of sp³-hybridized carbons (Fsp3) is 0. The first-order valence-electron chi connectivity index (χ1n) is 0.535. The third kappa shape index (κ3) is 60.5. The van der Waals surface area contributed by atoms with Crippen LogP contribution in [-0.4, -0.2) is 5.48 Å². The molecule has 0 spiro atoms. The van der Waals surface area contributed by atoms with Crippen LogP contribution in [0, 0.1) is 0 Å². The SMILES string of the molecule is O.[Cl][Ru][Cl].[Cl][Ru][Cl]. The van der Waals surface area contributed by atoms with Gasteiger partial charge < -0.3 is 5.48 Å². The van der Waals surface area contributed by atoms with E-state index in [1.807, 2.05) is 0 Å². The molecule has 0 atom stereocenters. The van der Waals surface area contributed by atoms with E-state index in [1.54, 1.807) is 0 Å². The van der Waals surface area contributed by atoms with Crippen molar-refractivity contribution in [2.24, 2.45) is 0 Å². The van der Waals surface area contributed by atoms with Crippen molar-refractivity contribution in [3.63, 3.8) is 0 Å². The van der Waals surface area contributed by atoms with Crippen molar-refractivity contribution in [3.05, 3.63) is 0 Å². The Morgan fingerprint density at radius 2 is 0.714 bits per heavy atom. The summed E-state index contributed by atoms with van der Waals surface area (Å²) in [5, 5.41) is 0. The predicted octanol–water partition coefficient (Wildman–Crippen LogP) is 1.93.